The summed E-state index contributed by atoms with van der Waals surface area (Å²) in [4.78, 5) is 17.9. The number of rotatable bonds is 4. The standard InChI is InChI=1S/C21H23N7O/c1-21(2,3)28-20-17(15(27-28)11-13-7-5-6-9-24-13)18(22)25-19(26-20)14-8-10-23-12-16(14)29-4/h5-10,12H,11H2,1-4H3,(H2,22,25,26). The molecule has 8 heteroatoms. The van der Waals surface area contributed by atoms with Crippen molar-refractivity contribution in [3.05, 3.63) is 54.2 Å². The van der Waals surface area contributed by atoms with Crippen LogP contribution < -0.4 is 10.5 Å². The number of nitrogens with two attached hydrogens (primary N) is 1. The van der Waals surface area contributed by atoms with Crippen LogP contribution in [0.3, 0.4) is 0 Å². The number of anilines is 1. The van der Waals surface area contributed by atoms with Crippen molar-refractivity contribution < 1.29 is 4.74 Å². The lowest BCUT2D eigenvalue weighted by Gasteiger charge is -2.20. The quantitative estimate of drug-likeness (QED) is 0.571. The molecule has 8 nitrogen and oxygen atoms in total. The van der Waals surface area contributed by atoms with E-state index in [-0.39, 0.29) is 5.54 Å². The summed E-state index contributed by atoms with van der Waals surface area (Å²) in [5, 5.41) is 5.60. The summed E-state index contributed by atoms with van der Waals surface area (Å²) in [6.45, 7) is 6.24. The third kappa shape index (κ3) is 3.49. The lowest BCUT2D eigenvalue weighted by atomic mass is 10.1. The normalized spacial score (nSPS) is 11.7. The highest BCUT2D eigenvalue weighted by atomic mass is 16.5. The third-order valence-electron chi connectivity index (χ3n) is 4.58. The van der Waals surface area contributed by atoms with E-state index in [9.17, 15) is 0 Å². The van der Waals surface area contributed by atoms with Gasteiger partial charge >= 0.3 is 0 Å². The van der Waals surface area contributed by atoms with E-state index in [4.69, 9.17) is 20.6 Å². The van der Waals surface area contributed by atoms with Gasteiger partial charge in [0.15, 0.2) is 11.5 Å². The Labute approximate surface area is 168 Å². The molecule has 0 aliphatic carbocycles. The van der Waals surface area contributed by atoms with E-state index in [1.807, 2.05) is 28.9 Å². The molecule has 4 rings (SSSR count). The molecular formula is C21H23N7O. The van der Waals surface area contributed by atoms with Crippen molar-refractivity contribution in [1.82, 2.24) is 29.7 Å². The summed E-state index contributed by atoms with van der Waals surface area (Å²) >= 11 is 0. The van der Waals surface area contributed by atoms with E-state index in [1.54, 1.807) is 25.7 Å². The van der Waals surface area contributed by atoms with Crippen LogP contribution in [0, 0.1) is 0 Å². The lowest BCUT2D eigenvalue weighted by molar-refractivity contribution is 0.363. The van der Waals surface area contributed by atoms with Crippen molar-refractivity contribution in [2.75, 3.05) is 12.8 Å². The molecule has 4 heterocycles. The second-order valence-corrected chi connectivity index (χ2v) is 7.73. The Morgan fingerprint density at radius 2 is 1.93 bits per heavy atom. The van der Waals surface area contributed by atoms with Gasteiger partial charge in [-0.2, -0.15) is 5.10 Å². The van der Waals surface area contributed by atoms with Crippen LogP contribution in [-0.4, -0.2) is 36.8 Å². The Bertz CT molecular complexity index is 1160. The van der Waals surface area contributed by atoms with E-state index in [0.29, 0.717) is 29.5 Å². The molecule has 0 radical (unpaired) electrons. The fourth-order valence-electron chi connectivity index (χ4n) is 3.23. The summed E-state index contributed by atoms with van der Waals surface area (Å²) in [7, 11) is 1.59. The second-order valence-electron chi connectivity index (χ2n) is 7.73. The van der Waals surface area contributed by atoms with Crippen LogP contribution in [0.25, 0.3) is 22.4 Å². The first-order valence-electron chi connectivity index (χ1n) is 9.32. The molecule has 2 N–H and O–H groups in total. The number of nitrogen functional groups attached to an aromatic ring is 1. The van der Waals surface area contributed by atoms with Gasteiger partial charge in [0, 0.05) is 24.5 Å². The summed E-state index contributed by atoms with van der Waals surface area (Å²) in [6, 6.07) is 7.63. The highest BCUT2D eigenvalue weighted by Crippen LogP contribution is 2.32. The van der Waals surface area contributed by atoms with Gasteiger partial charge in [-0.3, -0.25) is 9.97 Å². The summed E-state index contributed by atoms with van der Waals surface area (Å²) in [6.07, 6.45) is 5.62. The Hall–Kier alpha value is -3.55. The van der Waals surface area contributed by atoms with Gasteiger partial charge in [-0.1, -0.05) is 6.07 Å². The van der Waals surface area contributed by atoms with Crippen LogP contribution in [0.4, 0.5) is 5.82 Å². The smallest absolute Gasteiger partial charge is 0.167 e. The predicted octanol–water partition coefficient (Wildman–Crippen LogP) is 3.22. The topological polar surface area (TPSA) is 105 Å². The van der Waals surface area contributed by atoms with Gasteiger partial charge in [0.1, 0.15) is 11.6 Å². The molecule has 0 fully saturated rings. The minimum atomic E-state index is -0.291. The summed E-state index contributed by atoms with van der Waals surface area (Å²) in [5.41, 5.74) is 9.25. The molecule has 4 aromatic rings. The molecule has 0 amide bonds. The first-order chi connectivity index (χ1) is 13.9. The number of pyridine rings is 2. The number of aromatic nitrogens is 6. The molecule has 0 saturated heterocycles. The largest absolute Gasteiger partial charge is 0.494 e. The monoisotopic (exact) mass is 389 g/mol. The van der Waals surface area contributed by atoms with Crippen molar-refractivity contribution in [2.24, 2.45) is 0 Å². The predicted molar refractivity (Wildman–Crippen MR) is 112 cm³/mol. The number of nitrogens with zero attached hydrogens (tertiary/aromatic N) is 6. The van der Waals surface area contributed by atoms with Crippen molar-refractivity contribution >= 4 is 16.9 Å². The highest BCUT2D eigenvalue weighted by Gasteiger charge is 2.25. The minimum Gasteiger partial charge on any atom is -0.494 e. The van der Waals surface area contributed by atoms with Gasteiger partial charge in [0.05, 0.1) is 35.5 Å². The van der Waals surface area contributed by atoms with Crippen LogP contribution in [0.15, 0.2) is 42.9 Å². The first-order valence-corrected chi connectivity index (χ1v) is 9.32. The second kappa shape index (κ2) is 7.12. The van der Waals surface area contributed by atoms with Gasteiger partial charge in [0.25, 0.3) is 0 Å². The maximum absolute atomic E-state index is 6.42. The Kier molecular flexibility index (Phi) is 4.62. The molecule has 0 unspecified atom stereocenters. The molecule has 148 valence electrons. The molecule has 29 heavy (non-hydrogen) atoms. The molecule has 0 bridgehead atoms. The SMILES string of the molecule is COc1cnccc1-c1nc(N)c2c(Cc3ccccn3)nn(C(C)(C)C)c2n1. The Morgan fingerprint density at radius 3 is 2.62 bits per heavy atom. The van der Waals surface area contributed by atoms with E-state index >= 15 is 0 Å². The average Bonchev–Trinajstić information content (AvgIpc) is 3.08. The van der Waals surface area contributed by atoms with Crippen LogP contribution in [0.2, 0.25) is 0 Å². The van der Waals surface area contributed by atoms with E-state index < -0.39 is 0 Å². The molecule has 0 aliphatic rings. The van der Waals surface area contributed by atoms with Crippen molar-refractivity contribution in [2.45, 2.75) is 32.7 Å². The van der Waals surface area contributed by atoms with Gasteiger partial charge in [-0.05, 0) is 39.0 Å². The molecule has 0 aromatic carbocycles. The van der Waals surface area contributed by atoms with Gasteiger partial charge < -0.3 is 10.5 Å². The molecule has 0 aliphatic heterocycles. The Balaban J connectivity index is 1.94. The number of ether oxygens (including phenoxy) is 1. The fraction of sp³-hybridized carbons (Fsp3) is 0.286. The molecule has 0 spiro atoms. The van der Waals surface area contributed by atoms with E-state index in [2.05, 4.69) is 35.7 Å². The first kappa shape index (κ1) is 18.8. The highest BCUT2D eigenvalue weighted by molar-refractivity contribution is 5.90. The molecular weight excluding hydrogens is 366 g/mol. The lowest BCUT2D eigenvalue weighted by Crippen LogP contribution is -2.23. The zero-order valence-corrected chi connectivity index (χ0v) is 16.9. The van der Waals surface area contributed by atoms with E-state index in [0.717, 1.165) is 22.3 Å². The summed E-state index contributed by atoms with van der Waals surface area (Å²) in [5.74, 6) is 1.44. The Morgan fingerprint density at radius 1 is 1.10 bits per heavy atom. The number of methoxy groups -OCH3 is 1. The van der Waals surface area contributed by atoms with Gasteiger partial charge in [-0.25, -0.2) is 14.6 Å². The zero-order chi connectivity index (χ0) is 20.6. The van der Waals surface area contributed by atoms with Crippen LogP contribution in [-0.2, 0) is 12.0 Å². The van der Waals surface area contributed by atoms with E-state index in [1.165, 1.54) is 0 Å². The van der Waals surface area contributed by atoms with Gasteiger partial charge in [0.2, 0.25) is 0 Å². The molecule has 4 aromatic heterocycles. The van der Waals surface area contributed by atoms with Crippen LogP contribution >= 0.6 is 0 Å². The maximum Gasteiger partial charge on any atom is 0.167 e. The van der Waals surface area contributed by atoms with Crippen molar-refractivity contribution in [1.29, 1.82) is 0 Å². The number of fused-ring (bicyclic) bond motifs is 1. The van der Waals surface area contributed by atoms with Gasteiger partial charge in [-0.15, -0.1) is 0 Å². The third-order valence-corrected chi connectivity index (χ3v) is 4.58. The van der Waals surface area contributed by atoms with Crippen molar-refractivity contribution in [3.63, 3.8) is 0 Å². The zero-order valence-electron chi connectivity index (χ0n) is 16.9. The van der Waals surface area contributed by atoms with Crippen molar-refractivity contribution in [3.8, 4) is 17.1 Å². The number of hydrogen-bond donors (Lipinski definition) is 1. The minimum absolute atomic E-state index is 0.291. The van der Waals surface area contributed by atoms with Crippen LogP contribution in [0.1, 0.15) is 32.2 Å². The molecule has 0 atom stereocenters. The fourth-order valence-corrected chi connectivity index (χ4v) is 3.23. The van der Waals surface area contributed by atoms with Crippen LogP contribution in [0.5, 0.6) is 5.75 Å². The summed E-state index contributed by atoms with van der Waals surface area (Å²) < 4.78 is 7.32. The molecule has 0 saturated carbocycles. The average molecular weight is 389 g/mol. The number of hydrogen-bond acceptors (Lipinski definition) is 7. The maximum atomic E-state index is 6.42.